The van der Waals surface area contributed by atoms with E-state index in [1.54, 1.807) is 42.5 Å². The third-order valence-corrected chi connectivity index (χ3v) is 5.97. The van der Waals surface area contributed by atoms with Crippen LogP contribution < -0.4 is 0 Å². The Labute approximate surface area is 153 Å². The highest BCUT2D eigenvalue weighted by molar-refractivity contribution is 14.1. The number of benzene rings is 2. The molecular formula is C17H13IN2O3S. The fraction of sp³-hybridized carbons (Fsp3) is 0.0588. The molecule has 0 bridgehead atoms. The maximum Gasteiger partial charge on any atom is 0.269 e. The van der Waals surface area contributed by atoms with Crippen molar-refractivity contribution in [3.05, 3.63) is 81.4 Å². The van der Waals surface area contributed by atoms with Gasteiger partial charge in [-0.25, -0.2) is 17.4 Å². The van der Waals surface area contributed by atoms with Crippen LogP contribution in [0.25, 0.3) is 0 Å². The zero-order valence-corrected chi connectivity index (χ0v) is 15.7. The summed E-state index contributed by atoms with van der Waals surface area (Å²) in [5, 5.41) is 0. The number of hydrogen-bond donors (Lipinski definition) is 0. The smallest absolute Gasteiger partial charge is 0.269 e. The molecule has 5 nitrogen and oxygen atoms in total. The van der Waals surface area contributed by atoms with Gasteiger partial charge in [0.25, 0.3) is 10.0 Å². The van der Waals surface area contributed by atoms with Gasteiger partial charge in [-0.2, -0.15) is 0 Å². The lowest BCUT2D eigenvalue weighted by Crippen LogP contribution is -2.19. The molecule has 2 aromatic carbocycles. The van der Waals surface area contributed by atoms with Crippen LogP contribution in [-0.2, 0) is 10.0 Å². The lowest BCUT2D eigenvalue weighted by atomic mass is 10.1. The predicted octanol–water partition coefficient (Wildman–Crippen LogP) is 3.26. The predicted molar refractivity (Wildman–Crippen MR) is 98.6 cm³/mol. The summed E-state index contributed by atoms with van der Waals surface area (Å²) in [7, 11) is -3.89. The van der Waals surface area contributed by atoms with E-state index in [9.17, 15) is 13.2 Å². The number of ketones is 1. The molecule has 0 aliphatic carbocycles. The Bertz CT molecular complexity index is 994. The van der Waals surface area contributed by atoms with Crippen LogP contribution in [0.2, 0.25) is 0 Å². The van der Waals surface area contributed by atoms with Crippen molar-refractivity contribution >= 4 is 38.4 Å². The first-order valence-electron chi connectivity index (χ1n) is 7.06. The second-order valence-electron chi connectivity index (χ2n) is 5.19. The molecule has 0 fully saturated rings. The molecule has 0 aliphatic heterocycles. The fourth-order valence-electron chi connectivity index (χ4n) is 2.24. The highest BCUT2D eigenvalue weighted by Gasteiger charge is 2.27. The molecule has 0 N–H and O–H groups in total. The lowest BCUT2D eigenvalue weighted by Gasteiger charge is -2.09. The molecule has 0 atom stereocenters. The first-order chi connectivity index (χ1) is 11.4. The van der Waals surface area contributed by atoms with E-state index < -0.39 is 10.0 Å². The normalized spacial score (nSPS) is 11.4. The van der Waals surface area contributed by atoms with Gasteiger partial charge in [0, 0.05) is 5.56 Å². The maximum atomic E-state index is 12.9. The molecule has 3 rings (SSSR count). The zero-order chi connectivity index (χ0) is 17.3. The van der Waals surface area contributed by atoms with Crippen molar-refractivity contribution in [3.8, 4) is 0 Å². The van der Waals surface area contributed by atoms with E-state index in [1.807, 2.05) is 29.5 Å². The number of carbonyl (C=O) groups is 1. The van der Waals surface area contributed by atoms with Crippen molar-refractivity contribution in [2.75, 3.05) is 0 Å². The Morgan fingerprint density at radius 1 is 1.04 bits per heavy atom. The summed E-state index contributed by atoms with van der Waals surface area (Å²) < 4.78 is 27.1. The monoisotopic (exact) mass is 452 g/mol. The molecule has 0 saturated carbocycles. The van der Waals surface area contributed by atoms with Gasteiger partial charge in [-0.3, -0.25) is 4.79 Å². The first kappa shape index (κ1) is 16.8. The van der Waals surface area contributed by atoms with E-state index in [4.69, 9.17) is 0 Å². The Balaban J connectivity index is 2.14. The molecule has 0 aliphatic rings. The highest BCUT2D eigenvalue weighted by atomic mass is 127. The second-order valence-corrected chi connectivity index (χ2v) is 8.03. The Hall–Kier alpha value is -2.00. The summed E-state index contributed by atoms with van der Waals surface area (Å²) in [6, 6.07) is 15.0. The number of rotatable bonds is 4. The largest absolute Gasteiger partial charge is 0.287 e. The van der Waals surface area contributed by atoms with Crippen LogP contribution in [0.5, 0.6) is 0 Å². The van der Waals surface area contributed by atoms with Crippen molar-refractivity contribution in [3.63, 3.8) is 0 Å². The average molecular weight is 452 g/mol. The minimum absolute atomic E-state index is 0.0439. The van der Waals surface area contributed by atoms with Gasteiger partial charge in [0.05, 0.1) is 4.90 Å². The SMILES string of the molecule is Cc1ccc(S(=O)(=O)n2cnc(I)c2C(=O)c2ccccc2)cc1. The van der Waals surface area contributed by atoms with E-state index in [1.165, 1.54) is 18.5 Å². The molecule has 24 heavy (non-hydrogen) atoms. The molecule has 0 unspecified atom stereocenters. The van der Waals surface area contributed by atoms with E-state index in [-0.39, 0.29) is 16.4 Å². The van der Waals surface area contributed by atoms with Crippen LogP contribution in [-0.4, -0.2) is 23.2 Å². The van der Waals surface area contributed by atoms with Crippen LogP contribution >= 0.6 is 22.6 Å². The van der Waals surface area contributed by atoms with Crippen molar-refractivity contribution in [1.29, 1.82) is 0 Å². The quantitative estimate of drug-likeness (QED) is 0.450. The number of halogens is 1. The van der Waals surface area contributed by atoms with Crippen molar-refractivity contribution < 1.29 is 13.2 Å². The number of nitrogens with zero attached hydrogens (tertiary/aromatic N) is 2. The van der Waals surface area contributed by atoms with E-state index in [0.717, 1.165) is 9.54 Å². The summed E-state index contributed by atoms with van der Waals surface area (Å²) in [6.07, 6.45) is 1.17. The van der Waals surface area contributed by atoms with E-state index in [0.29, 0.717) is 9.26 Å². The lowest BCUT2D eigenvalue weighted by molar-refractivity contribution is 0.103. The van der Waals surface area contributed by atoms with Gasteiger partial charge in [-0.15, -0.1) is 0 Å². The van der Waals surface area contributed by atoms with Crippen molar-refractivity contribution in [1.82, 2.24) is 8.96 Å². The summed E-state index contributed by atoms with van der Waals surface area (Å²) in [5.74, 6) is -0.381. The molecule has 0 spiro atoms. The molecular weight excluding hydrogens is 439 g/mol. The maximum absolute atomic E-state index is 12.9. The van der Waals surface area contributed by atoms with Gasteiger partial charge in [0.2, 0.25) is 5.78 Å². The van der Waals surface area contributed by atoms with E-state index in [2.05, 4.69) is 4.98 Å². The van der Waals surface area contributed by atoms with Crippen LogP contribution in [0.4, 0.5) is 0 Å². The van der Waals surface area contributed by atoms with Crippen molar-refractivity contribution in [2.45, 2.75) is 11.8 Å². The van der Waals surface area contributed by atoms with Crippen molar-refractivity contribution in [2.24, 2.45) is 0 Å². The molecule has 7 heteroatoms. The van der Waals surface area contributed by atoms with Crippen LogP contribution in [0.1, 0.15) is 21.6 Å². The van der Waals surface area contributed by atoms with Crippen LogP contribution in [0.15, 0.2) is 65.8 Å². The highest BCUT2D eigenvalue weighted by Crippen LogP contribution is 2.22. The molecule has 122 valence electrons. The standard InChI is InChI=1S/C17H13IN2O3S/c1-12-7-9-14(10-8-12)24(22,23)20-11-19-17(18)15(20)16(21)13-5-3-2-4-6-13/h2-11H,1H3. The number of aromatic nitrogens is 2. The number of aryl methyl sites for hydroxylation is 1. The molecule has 0 amide bonds. The molecule has 1 aromatic heterocycles. The van der Waals surface area contributed by atoms with Gasteiger partial charge in [0.15, 0.2) is 0 Å². The Morgan fingerprint density at radius 2 is 1.67 bits per heavy atom. The van der Waals surface area contributed by atoms with Gasteiger partial charge in [0.1, 0.15) is 15.7 Å². The molecule has 0 radical (unpaired) electrons. The minimum atomic E-state index is -3.89. The van der Waals surface area contributed by atoms with Gasteiger partial charge < -0.3 is 0 Å². The summed E-state index contributed by atoms with van der Waals surface area (Å²) in [6.45, 7) is 1.88. The second kappa shape index (κ2) is 6.48. The topological polar surface area (TPSA) is 69.0 Å². The number of imidazole rings is 1. The van der Waals surface area contributed by atoms with Crippen LogP contribution in [0.3, 0.4) is 0 Å². The third kappa shape index (κ3) is 3.01. The number of hydrogen-bond acceptors (Lipinski definition) is 4. The summed E-state index contributed by atoms with van der Waals surface area (Å²) in [4.78, 5) is 16.9. The molecule has 0 saturated heterocycles. The number of carbonyl (C=O) groups excluding carboxylic acids is 1. The molecule has 1 heterocycles. The zero-order valence-electron chi connectivity index (χ0n) is 12.7. The average Bonchev–Trinajstić information content (AvgIpc) is 2.98. The van der Waals surface area contributed by atoms with Gasteiger partial charge in [-0.05, 0) is 41.6 Å². The Kier molecular flexibility index (Phi) is 4.55. The van der Waals surface area contributed by atoms with Gasteiger partial charge in [-0.1, -0.05) is 48.0 Å². The fourth-order valence-corrected chi connectivity index (χ4v) is 4.32. The minimum Gasteiger partial charge on any atom is -0.287 e. The third-order valence-electron chi connectivity index (χ3n) is 3.52. The summed E-state index contributed by atoms with van der Waals surface area (Å²) in [5.41, 5.74) is 1.41. The molecule has 3 aromatic rings. The van der Waals surface area contributed by atoms with Gasteiger partial charge >= 0.3 is 0 Å². The van der Waals surface area contributed by atoms with E-state index >= 15 is 0 Å². The first-order valence-corrected chi connectivity index (χ1v) is 9.58. The van der Waals surface area contributed by atoms with Crippen LogP contribution in [0, 0.1) is 10.6 Å². The summed E-state index contributed by atoms with van der Waals surface area (Å²) >= 11 is 1.87. The Morgan fingerprint density at radius 3 is 2.29 bits per heavy atom.